The van der Waals surface area contributed by atoms with E-state index in [0.29, 0.717) is 0 Å². The van der Waals surface area contributed by atoms with Crippen LogP contribution in [0.4, 0.5) is 0 Å². The highest BCUT2D eigenvalue weighted by Gasteiger charge is 2.14. The minimum absolute atomic E-state index is 0.187. The van der Waals surface area contributed by atoms with Crippen molar-refractivity contribution >= 4 is 27.3 Å². The average molecular weight is 289 g/mol. The van der Waals surface area contributed by atoms with Crippen LogP contribution >= 0.6 is 27.3 Å². The third kappa shape index (κ3) is 3.41. The fraction of sp³-hybridized carbons (Fsp3) is 0.455. The highest BCUT2D eigenvalue weighted by Crippen LogP contribution is 2.33. The first-order chi connectivity index (χ1) is 7.08. The molecule has 3 N–H and O–H groups in total. The Balaban J connectivity index is 2.78. The van der Waals surface area contributed by atoms with Crippen LogP contribution in [0.25, 0.3) is 0 Å². The molecular weight excluding hydrogens is 272 g/mol. The average Bonchev–Trinajstić information content (AvgIpc) is 2.55. The molecule has 0 aromatic carbocycles. The molecule has 0 saturated heterocycles. The van der Waals surface area contributed by atoms with Gasteiger partial charge in [0.05, 0.1) is 9.83 Å². The van der Waals surface area contributed by atoms with Gasteiger partial charge >= 0.3 is 0 Å². The highest BCUT2D eigenvalue weighted by molar-refractivity contribution is 9.11. The Morgan fingerprint density at radius 2 is 2.40 bits per heavy atom. The second kappa shape index (κ2) is 5.80. The lowest BCUT2D eigenvalue weighted by Crippen LogP contribution is -2.27. The molecule has 1 atom stereocenters. The van der Waals surface area contributed by atoms with Crippen molar-refractivity contribution < 1.29 is 0 Å². The summed E-state index contributed by atoms with van der Waals surface area (Å²) in [4.78, 5) is 1.26. The molecule has 1 heterocycles. The first-order valence-electron chi connectivity index (χ1n) is 4.97. The molecule has 0 bridgehead atoms. The molecule has 0 aliphatic heterocycles. The molecule has 4 heteroatoms. The van der Waals surface area contributed by atoms with Crippen LogP contribution in [-0.2, 0) is 0 Å². The van der Waals surface area contributed by atoms with Crippen LogP contribution in [-0.4, -0.2) is 0 Å². The van der Waals surface area contributed by atoms with Crippen molar-refractivity contribution in [3.63, 3.8) is 0 Å². The van der Waals surface area contributed by atoms with Gasteiger partial charge in [-0.25, -0.2) is 0 Å². The normalized spacial score (nSPS) is 12.8. The summed E-state index contributed by atoms with van der Waals surface area (Å²) >= 11 is 5.26. The summed E-state index contributed by atoms with van der Waals surface area (Å²) in [5.74, 6) is 5.57. The topological polar surface area (TPSA) is 38.0 Å². The molecule has 1 aromatic heterocycles. The van der Waals surface area contributed by atoms with E-state index in [2.05, 4.69) is 47.8 Å². The lowest BCUT2D eigenvalue weighted by molar-refractivity contribution is 0.553. The minimum atomic E-state index is 0.187. The van der Waals surface area contributed by atoms with Crippen LogP contribution in [0.5, 0.6) is 0 Å². The Labute approximate surface area is 104 Å². The van der Waals surface area contributed by atoms with Crippen LogP contribution in [0.1, 0.15) is 36.2 Å². The Morgan fingerprint density at radius 3 is 2.80 bits per heavy atom. The maximum Gasteiger partial charge on any atom is 0.0731 e. The van der Waals surface area contributed by atoms with E-state index < -0.39 is 0 Å². The molecule has 84 valence electrons. The lowest BCUT2D eigenvalue weighted by Gasteiger charge is -2.14. The molecule has 1 rings (SSSR count). The fourth-order valence-corrected chi connectivity index (χ4v) is 2.96. The van der Waals surface area contributed by atoms with Crippen molar-refractivity contribution in [3.8, 4) is 0 Å². The predicted molar refractivity (Wildman–Crippen MR) is 70.9 cm³/mol. The molecule has 0 fully saturated rings. The third-order valence-corrected chi connectivity index (χ3v) is 4.66. The van der Waals surface area contributed by atoms with Gasteiger partial charge < -0.3 is 0 Å². The van der Waals surface area contributed by atoms with Crippen LogP contribution in [0.3, 0.4) is 0 Å². The number of hydrogen-bond donors (Lipinski definition) is 2. The Kier molecular flexibility index (Phi) is 4.99. The zero-order valence-electron chi connectivity index (χ0n) is 9.14. The Morgan fingerprint density at radius 1 is 1.73 bits per heavy atom. The molecule has 2 nitrogen and oxygen atoms in total. The van der Waals surface area contributed by atoms with Gasteiger partial charge in [0, 0.05) is 4.88 Å². The summed E-state index contributed by atoms with van der Waals surface area (Å²) in [7, 11) is 0. The van der Waals surface area contributed by atoms with Gasteiger partial charge in [-0.3, -0.25) is 11.3 Å². The minimum Gasteiger partial charge on any atom is -0.271 e. The number of hydrazine groups is 1. The predicted octanol–water partition coefficient (Wildman–Crippen LogP) is 3.68. The van der Waals surface area contributed by atoms with Gasteiger partial charge in [0.15, 0.2) is 0 Å². The van der Waals surface area contributed by atoms with Crippen molar-refractivity contribution in [2.45, 2.75) is 32.7 Å². The van der Waals surface area contributed by atoms with Gasteiger partial charge in [-0.2, -0.15) is 0 Å². The lowest BCUT2D eigenvalue weighted by atomic mass is 10.0. The van der Waals surface area contributed by atoms with Gasteiger partial charge in [-0.1, -0.05) is 19.1 Å². The summed E-state index contributed by atoms with van der Waals surface area (Å²) in [5.41, 5.74) is 5.34. The molecule has 15 heavy (non-hydrogen) atoms. The first-order valence-corrected chi connectivity index (χ1v) is 6.58. The van der Waals surface area contributed by atoms with E-state index in [-0.39, 0.29) is 6.04 Å². The molecule has 0 amide bonds. The smallest absolute Gasteiger partial charge is 0.0731 e. The number of nitrogens with two attached hydrogens (primary N) is 1. The van der Waals surface area contributed by atoms with Crippen molar-refractivity contribution in [1.29, 1.82) is 0 Å². The second-order valence-corrected chi connectivity index (χ2v) is 6.03. The second-order valence-electron chi connectivity index (χ2n) is 3.63. The Hall–Kier alpha value is -0.160. The number of rotatable bonds is 5. The summed E-state index contributed by atoms with van der Waals surface area (Å²) in [6.07, 6.45) is 1.91. The van der Waals surface area contributed by atoms with Crippen LogP contribution in [0, 0.1) is 6.92 Å². The maximum absolute atomic E-state index is 5.57. The highest BCUT2D eigenvalue weighted by atomic mass is 79.9. The SMILES string of the molecule is C=C(CC)CC(NN)c1cc(C)c(Br)s1. The Bertz CT molecular complexity index is 327. The van der Waals surface area contributed by atoms with Gasteiger partial charge in [0.25, 0.3) is 0 Å². The van der Waals surface area contributed by atoms with E-state index in [9.17, 15) is 0 Å². The van der Waals surface area contributed by atoms with Crippen molar-refractivity contribution in [2.75, 3.05) is 0 Å². The van der Waals surface area contributed by atoms with Crippen LogP contribution in [0.2, 0.25) is 0 Å². The number of aryl methyl sites for hydroxylation is 1. The number of hydrogen-bond acceptors (Lipinski definition) is 3. The van der Waals surface area contributed by atoms with E-state index in [1.54, 1.807) is 11.3 Å². The standard InChI is InChI=1S/C11H17BrN2S/c1-4-7(2)5-9(14-13)10-6-8(3)11(12)15-10/h6,9,14H,2,4-5,13H2,1,3H3. The van der Waals surface area contributed by atoms with Crippen LogP contribution in [0.15, 0.2) is 22.0 Å². The number of thiophene rings is 1. The monoisotopic (exact) mass is 288 g/mol. The zero-order valence-corrected chi connectivity index (χ0v) is 11.5. The summed E-state index contributed by atoms with van der Waals surface area (Å²) < 4.78 is 1.18. The third-order valence-electron chi connectivity index (χ3n) is 2.41. The van der Waals surface area contributed by atoms with Crippen molar-refractivity contribution in [3.05, 3.63) is 32.4 Å². The molecular formula is C11H17BrN2S. The van der Waals surface area contributed by atoms with E-state index in [1.165, 1.54) is 19.8 Å². The summed E-state index contributed by atoms with van der Waals surface area (Å²) in [6.45, 7) is 8.22. The van der Waals surface area contributed by atoms with Gasteiger partial charge in [0.2, 0.25) is 0 Å². The van der Waals surface area contributed by atoms with Gasteiger partial charge in [-0.15, -0.1) is 11.3 Å². The van der Waals surface area contributed by atoms with E-state index in [1.807, 2.05) is 0 Å². The molecule has 1 unspecified atom stereocenters. The summed E-state index contributed by atoms with van der Waals surface area (Å²) in [6, 6.07) is 2.36. The van der Waals surface area contributed by atoms with Gasteiger partial charge in [-0.05, 0) is 47.3 Å². The van der Waals surface area contributed by atoms with Crippen LogP contribution < -0.4 is 11.3 Å². The maximum atomic E-state index is 5.57. The quantitative estimate of drug-likeness (QED) is 0.493. The molecule has 0 spiro atoms. The summed E-state index contributed by atoms with van der Waals surface area (Å²) in [5, 5.41) is 0. The van der Waals surface area contributed by atoms with E-state index in [0.717, 1.165) is 12.8 Å². The zero-order chi connectivity index (χ0) is 11.4. The number of nitrogens with one attached hydrogen (secondary N) is 1. The largest absolute Gasteiger partial charge is 0.271 e. The van der Waals surface area contributed by atoms with E-state index in [4.69, 9.17) is 5.84 Å². The molecule has 1 aromatic rings. The van der Waals surface area contributed by atoms with Crippen molar-refractivity contribution in [2.24, 2.45) is 5.84 Å². The fourth-order valence-electron chi connectivity index (χ4n) is 1.33. The molecule has 0 saturated carbocycles. The molecule has 0 aliphatic carbocycles. The molecule has 0 radical (unpaired) electrons. The number of halogens is 1. The van der Waals surface area contributed by atoms with Crippen molar-refractivity contribution in [1.82, 2.24) is 5.43 Å². The molecule has 0 aliphatic rings. The van der Waals surface area contributed by atoms with Gasteiger partial charge in [0.1, 0.15) is 0 Å². The first kappa shape index (κ1) is 12.9. The van der Waals surface area contributed by atoms with E-state index >= 15 is 0 Å².